The van der Waals surface area contributed by atoms with Gasteiger partial charge in [0.2, 0.25) is 0 Å². The topological polar surface area (TPSA) is 64.4 Å². The molecule has 0 bridgehead atoms. The summed E-state index contributed by atoms with van der Waals surface area (Å²) in [5, 5.41) is 14.1. The second kappa shape index (κ2) is 5.67. The minimum atomic E-state index is -0.401. The van der Waals surface area contributed by atoms with Crippen LogP contribution in [-0.4, -0.2) is 24.7 Å². The lowest BCUT2D eigenvalue weighted by Gasteiger charge is -2.18. The van der Waals surface area contributed by atoms with E-state index in [2.05, 4.69) is 21.2 Å². The summed E-state index contributed by atoms with van der Waals surface area (Å²) < 4.78 is 5.68. The molecule has 0 heterocycles. The first-order valence-corrected chi connectivity index (χ1v) is 6.60. The Labute approximate surface area is 114 Å². The zero-order valence-electron chi connectivity index (χ0n) is 10.1. The van der Waals surface area contributed by atoms with E-state index in [1.165, 1.54) is 18.9 Å². The van der Waals surface area contributed by atoms with E-state index >= 15 is 0 Å². The third-order valence-corrected chi connectivity index (χ3v) is 3.67. The zero-order chi connectivity index (χ0) is 13.1. The van der Waals surface area contributed by atoms with Gasteiger partial charge in [0, 0.05) is 18.9 Å². The molecule has 98 valence electrons. The molecule has 0 radical (unpaired) electrons. The maximum atomic E-state index is 10.7. The van der Waals surface area contributed by atoms with Crippen LogP contribution in [0.3, 0.4) is 0 Å². The van der Waals surface area contributed by atoms with Crippen LogP contribution in [0.25, 0.3) is 0 Å². The average molecular weight is 315 g/mol. The molecule has 6 heteroatoms. The number of benzene rings is 1. The van der Waals surface area contributed by atoms with Crippen LogP contribution in [0.5, 0.6) is 0 Å². The van der Waals surface area contributed by atoms with Gasteiger partial charge in [0.05, 0.1) is 22.0 Å². The van der Waals surface area contributed by atoms with Crippen LogP contribution >= 0.6 is 15.9 Å². The molecule has 1 aliphatic rings. The summed E-state index contributed by atoms with van der Waals surface area (Å²) >= 11 is 3.22. The quantitative estimate of drug-likeness (QED) is 0.647. The van der Waals surface area contributed by atoms with Crippen molar-refractivity contribution in [3.63, 3.8) is 0 Å². The summed E-state index contributed by atoms with van der Waals surface area (Å²) in [6.07, 6.45) is 2.43. The van der Waals surface area contributed by atoms with Gasteiger partial charge in [-0.3, -0.25) is 10.1 Å². The highest BCUT2D eigenvalue weighted by Gasteiger charge is 2.31. The van der Waals surface area contributed by atoms with Crippen LogP contribution in [0.4, 0.5) is 11.4 Å². The highest BCUT2D eigenvalue weighted by molar-refractivity contribution is 9.10. The molecule has 0 spiro atoms. The van der Waals surface area contributed by atoms with Crippen molar-refractivity contribution in [3.8, 4) is 0 Å². The van der Waals surface area contributed by atoms with Gasteiger partial charge in [-0.25, -0.2) is 0 Å². The van der Waals surface area contributed by atoms with Gasteiger partial charge in [-0.2, -0.15) is 0 Å². The summed E-state index contributed by atoms with van der Waals surface area (Å²) in [7, 11) is 1.68. The van der Waals surface area contributed by atoms with E-state index in [1.54, 1.807) is 19.2 Å². The lowest BCUT2D eigenvalue weighted by molar-refractivity contribution is -0.385. The van der Waals surface area contributed by atoms with E-state index in [9.17, 15) is 10.1 Å². The highest BCUT2D eigenvalue weighted by atomic mass is 79.9. The van der Waals surface area contributed by atoms with E-state index < -0.39 is 4.92 Å². The molecule has 18 heavy (non-hydrogen) atoms. The Balaban J connectivity index is 2.08. The predicted molar refractivity (Wildman–Crippen MR) is 72.8 cm³/mol. The molecule has 0 aliphatic heterocycles. The Morgan fingerprint density at radius 2 is 2.33 bits per heavy atom. The van der Waals surface area contributed by atoms with Crippen molar-refractivity contribution in [2.75, 3.05) is 19.0 Å². The molecular weight excluding hydrogens is 300 g/mol. The van der Waals surface area contributed by atoms with E-state index in [-0.39, 0.29) is 11.7 Å². The first-order chi connectivity index (χ1) is 8.61. The lowest BCUT2D eigenvalue weighted by Crippen LogP contribution is -2.27. The van der Waals surface area contributed by atoms with Crippen LogP contribution in [0.2, 0.25) is 0 Å². The van der Waals surface area contributed by atoms with E-state index in [0.717, 1.165) is 5.69 Å². The Bertz CT molecular complexity index is 449. The van der Waals surface area contributed by atoms with Crippen molar-refractivity contribution < 1.29 is 9.66 Å². The van der Waals surface area contributed by atoms with Crippen molar-refractivity contribution >= 4 is 27.3 Å². The Morgan fingerprint density at radius 1 is 1.61 bits per heavy atom. The second-order valence-electron chi connectivity index (χ2n) is 4.47. The first-order valence-electron chi connectivity index (χ1n) is 5.81. The summed E-state index contributed by atoms with van der Waals surface area (Å²) in [6, 6.07) is 5.25. The molecule has 1 aromatic carbocycles. The predicted octanol–water partition coefficient (Wildman–Crippen LogP) is 3.19. The van der Waals surface area contributed by atoms with Crippen molar-refractivity contribution in [1.29, 1.82) is 0 Å². The SMILES string of the molecule is COCC(Nc1ccc([N+](=O)[O-])c(Br)c1)C1CC1. The van der Waals surface area contributed by atoms with Crippen molar-refractivity contribution in [1.82, 2.24) is 0 Å². The largest absolute Gasteiger partial charge is 0.383 e. The van der Waals surface area contributed by atoms with Gasteiger partial charge >= 0.3 is 0 Å². The van der Waals surface area contributed by atoms with Gasteiger partial charge in [0.1, 0.15) is 0 Å². The molecule has 2 rings (SSSR count). The summed E-state index contributed by atoms with van der Waals surface area (Å²) in [5.41, 5.74) is 0.955. The number of ether oxygens (including phenoxy) is 1. The number of nitro benzene ring substituents is 1. The average Bonchev–Trinajstić information content (AvgIpc) is 3.11. The Kier molecular flexibility index (Phi) is 4.19. The fourth-order valence-corrected chi connectivity index (χ4v) is 2.46. The minimum Gasteiger partial charge on any atom is -0.383 e. The smallest absolute Gasteiger partial charge is 0.283 e. The van der Waals surface area contributed by atoms with Gasteiger partial charge in [-0.05, 0) is 46.8 Å². The van der Waals surface area contributed by atoms with Crippen LogP contribution in [0.1, 0.15) is 12.8 Å². The summed E-state index contributed by atoms with van der Waals surface area (Å²) in [6.45, 7) is 0.652. The molecule has 5 nitrogen and oxygen atoms in total. The zero-order valence-corrected chi connectivity index (χ0v) is 11.6. The number of rotatable bonds is 6. The lowest BCUT2D eigenvalue weighted by atomic mass is 10.2. The molecule has 1 unspecified atom stereocenters. The van der Waals surface area contributed by atoms with Crippen LogP contribution in [-0.2, 0) is 4.74 Å². The Hall–Kier alpha value is -1.14. The normalized spacial score (nSPS) is 16.3. The van der Waals surface area contributed by atoms with Gasteiger partial charge < -0.3 is 10.1 Å². The fraction of sp³-hybridized carbons (Fsp3) is 0.500. The summed E-state index contributed by atoms with van der Waals surface area (Å²) in [4.78, 5) is 10.3. The van der Waals surface area contributed by atoms with Crippen LogP contribution in [0.15, 0.2) is 22.7 Å². The number of nitrogens with zero attached hydrogens (tertiary/aromatic N) is 1. The van der Waals surface area contributed by atoms with Gasteiger partial charge in [0.15, 0.2) is 0 Å². The number of hydrogen-bond acceptors (Lipinski definition) is 4. The first kappa shape index (κ1) is 13.3. The molecule has 0 amide bonds. The molecule has 1 aromatic rings. The van der Waals surface area contributed by atoms with Gasteiger partial charge in [0.25, 0.3) is 5.69 Å². The van der Waals surface area contributed by atoms with Gasteiger partial charge in [-0.15, -0.1) is 0 Å². The monoisotopic (exact) mass is 314 g/mol. The number of halogens is 1. The second-order valence-corrected chi connectivity index (χ2v) is 5.32. The minimum absolute atomic E-state index is 0.0789. The molecule has 1 N–H and O–H groups in total. The number of nitro groups is 1. The number of anilines is 1. The number of methoxy groups -OCH3 is 1. The third kappa shape index (κ3) is 3.20. The number of nitrogens with one attached hydrogen (secondary N) is 1. The van der Waals surface area contributed by atoms with Gasteiger partial charge in [-0.1, -0.05) is 0 Å². The standard InChI is InChI=1S/C12H15BrN2O3/c1-18-7-11(8-2-3-8)14-9-4-5-12(15(16)17)10(13)6-9/h4-6,8,11,14H,2-3,7H2,1H3. The molecule has 0 saturated heterocycles. The van der Waals surface area contributed by atoms with Crippen molar-refractivity contribution in [2.24, 2.45) is 5.92 Å². The van der Waals surface area contributed by atoms with E-state index in [0.29, 0.717) is 17.0 Å². The van der Waals surface area contributed by atoms with E-state index in [1.807, 2.05) is 0 Å². The number of hydrogen-bond donors (Lipinski definition) is 1. The fourth-order valence-electron chi connectivity index (χ4n) is 1.93. The third-order valence-electron chi connectivity index (χ3n) is 3.03. The highest BCUT2D eigenvalue weighted by Crippen LogP contribution is 2.35. The molecule has 1 fully saturated rings. The summed E-state index contributed by atoms with van der Waals surface area (Å²) in [5.74, 6) is 0.652. The maximum Gasteiger partial charge on any atom is 0.283 e. The van der Waals surface area contributed by atoms with E-state index in [4.69, 9.17) is 4.74 Å². The maximum absolute atomic E-state index is 10.7. The Morgan fingerprint density at radius 3 is 2.83 bits per heavy atom. The van der Waals surface area contributed by atoms with Crippen molar-refractivity contribution in [3.05, 3.63) is 32.8 Å². The molecule has 1 atom stereocenters. The van der Waals surface area contributed by atoms with Crippen LogP contribution in [0, 0.1) is 16.0 Å². The molecular formula is C12H15BrN2O3. The molecule has 0 aromatic heterocycles. The van der Waals surface area contributed by atoms with Crippen molar-refractivity contribution in [2.45, 2.75) is 18.9 Å². The molecule has 1 aliphatic carbocycles. The van der Waals surface area contributed by atoms with Crippen LogP contribution < -0.4 is 5.32 Å². The molecule has 1 saturated carbocycles.